The monoisotopic (exact) mass is 431 g/mol. The van der Waals surface area contributed by atoms with Gasteiger partial charge in [0.15, 0.2) is 0 Å². The Balaban J connectivity index is 2.22. The summed E-state index contributed by atoms with van der Waals surface area (Å²) in [5, 5.41) is 0. The molecule has 0 aliphatic rings. The molecule has 2 aromatic carbocycles. The van der Waals surface area contributed by atoms with Crippen LogP contribution in [0.2, 0.25) is 0 Å². The van der Waals surface area contributed by atoms with E-state index in [-0.39, 0.29) is 0 Å². The summed E-state index contributed by atoms with van der Waals surface area (Å²) in [6, 6.07) is 9.02. The van der Waals surface area contributed by atoms with Crippen molar-refractivity contribution in [3.8, 4) is 11.4 Å². The summed E-state index contributed by atoms with van der Waals surface area (Å²) in [6.45, 7) is 13.1. The summed E-state index contributed by atoms with van der Waals surface area (Å²) in [7, 11) is 0. The molecule has 0 saturated heterocycles. The minimum Gasteiger partial charge on any atom is -0.190 e. The van der Waals surface area contributed by atoms with Gasteiger partial charge < -0.3 is 0 Å². The lowest BCUT2D eigenvalue weighted by Gasteiger charge is -2.10. The highest BCUT2D eigenvalue weighted by Crippen LogP contribution is 2.24. The summed E-state index contributed by atoms with van der Waals surface area (Å²) in [5.41, 5.74) is 10.4. The molecule has 1 aromatic heterocycles. The Hall–Kier alpha value is -1.62. The fourth-order valence-corrected chi connectivity index (χ4v) is 4.61. The third-order valence-electron chi connectivity index (χ3n) is 4.51. The highest BCUT2D eigenvalue weighted by Gasteiger charge is 2.23. The molecule has 3 heteroatoms. The van der Waals surface area contributed by atoms with Crippen molar-refractivity contribution in [1.82, 2.24) is 4.57 Å². The molecule has 0 aliphatic carbocycles. The molecule has 0 amide bonds. The van der Waals surface area contributed by atoms with Crippen LogP contribution in [0.3, 0.4) is 0 Å². The second-order valence-electron chi connectivity index (χ2n) is 6.80. The molecule has 0 aliphatic heterocycles. The molecule has 3 rings (SSSR count). The Bertz CT molecular complexity index is 814. The van der Waals surface area contributed by atoms with E-state index in [0.717, 1.165) is 0 Å². The zero-order valence-electron chi connectivity index (χ0n) is 15.2. The molecule has 0 saturated carbocycles. The van der Waals surface area contributed by atoms with Gasteiger partial charge in [-0.05, 0) is 63.8 Å². The number of hydrogen-bond donors (Lipinski definition) is 0. The van der Waals surface area contributed by atoms with Gasteiger partial charge in [0.25, 0.3) is 0 Å². The first-order valence-corrected chi connectivity index (χ1v) is 9.32. The molecule has 0 bridgehead atoms. The molecule has 2 nitrogen and oxygen atoms in total. The Morgan fingerprint density at radius 2 is 1.21 bits per heavy atom. The van der Waals surface area contributed by atoms with Crippen LogP contribution in [0.5, 0.6) is 0 Å². The first kappa shape index (κ1) is 17.2. The van der Waals surface area contributed by atoms with Gasteiger partial charge in [-0.1, -0.05) is 35.4 Å². The van der Waals surface area contributed by atoms with E-state index < -0.39 is 0 Å². The van der Waals surface area contributed by atoms with Crippen LogP contribution in [-0.4, -0.2) is 4.57 Å². The lowest BCUT2D eigenvalue weighted by Crippen LogP contribution is -2.35. The highest BCUT2D eigenvalue weighted by molar-refractivity contribution is 14.1. The van der Waals surface area contributed by atoms with E-state index in [4.69, 9.17) is 0 Å². The van der Waals surface area contributed by atoms with Crippen molar-refractivity contribution in [2.75, 3.05) is 0 Å². The largest absolute Gasteiger partial charge is 0.327 e. The maximum absolute atomic E-state index is 2.45. The van der Waals surface area contributed by atoms with Crippen LogP contribution in [-0.2, 0) is 0 Å². The topological polar surface area (TPSA) is 8.81 Å². The first-order chi connectivity index (χ1) is 11.3. The van der Waals surface area contributed by atoms with Crippen LogP contribution in [0.25, 0.3) is 11.4 Å². The Morgan fingerprint density at radius 3 is 1.71 bits per heavy atom. The van der Waals surface area contributed by atoms with E-state index in [1.54, 1.807) is 0 Å². The molecular formula is C21H24IN2+. The van der Waals surface area contributed by atoms with E-state index in [9.17, 15) is 0 Å². The fourth-order valence-electron chi connectivity index (χ4n) is 3.81. The molecule has 24 heavy (non-hydrogen) atoms. The third-order valence-corrected chi connectivity index (χ3v) is 5.55. The molecule has 0 unspecified atom stereocenters. The van der Waals surface area contributed by atoms with Gasteiger partial charge in [0.2, 0.25) is 0 Å². The standard InChI is InChI=1S/C21H24IN2/c1-13-9-15(3)19(16(4)10-13)23-7-8-24(21(23)22)20-17(5)11-14(2)12-18(20)6/h7-12H,1-6H3/q+1. The number of imidazole rings is 1. The molecule has 0 spiro atoms. The van der Waals surface area contributed by atoms with Crippen LogP contribution in [0.1, 0.15) is 33.4 Å². The summed E-state index contributed by atoms with van der Waals surface area (Å²) < 4.78 is 5.78. The molecular weight excluding hydrogens is 407 g/mol. The smallest absolute Gasteiger partial charge is 0.190 e. The van der Waals surface area contributed by atoms with Gasteiger partial charge in [0, 0.05) is 0 Å². The van der Waals surface area contributed by atoms with Crippen molar-refractivity contribution in [3.05, 3.63) is 73.9 Å². The highest BCUT2D eigenvalue weighted by atomic mass is 127. The van der Waals surface area contributed by atoms with Gasteiger partial charge in [-0.3, -0.25) is 0 Å². The SMILES string of the molecule is Cc1cc(C)c(-n2cc[n+](-c3c(C)cc(C)cc3C)c2I)c(C)c1. The molecule has 0 N–H and O–H groups in total. The molecule has 124 valence electrons. The van der Waals surface area contributed by atoms with Crippen molar-refractivity contribution in [3.63, 3.8) is 0 Å². The fraction of sp³-hybridized carbons (Fsp3) is 0.286. The normalized spacial score (nSPS) is 11.1. The number of aryl methyl sites for hydroxylation is 6. The number of rotatable bonds is 2. The van der Waals surface area contributed by atoms with E-state index in [0.29, 0.717) is 0 Å². The summed E-state index contributed by atoms with van der Waals surface area (Å²) >= 11 is 2.45. The van der Waals surface area contributed by atoms with Crippen molar-refractivity contribution in [1.29, 1.82) is 0 Å². The van der Waals surface area contributed by atoms with Gasteiger partial charge in [-0.2, -0.15) is 9.13 Å². The van der Waals surface area contributed by atoms with Crippen LogP contribution < -0.4 is 4.57 Å². The van der Waals surface area contributed by atoms with Crippen LogP contribution in [0.15, 0.2) is 36.7 Å². The van der Waals surface area contributed by atoms with Gasteiger partial charge >= 0.3 is 3.83 Å². The summed E-state index contributed by atoms with van der Waals surface area (Å²) in [4.78, 5) is 0. The number of hydrogen-bond acceptors (Lipinski definition) is 0. The maximum atomic E-state index is 2.45. The minimum atomic E-state index is 1.19. The van der Waals surface area contributed by atoms with Crippen LogP contribution >= 0.6 is 22.6 Å². The van der Waals surface area contributed by atoms with E-state index >= 15 is 0 Å². The Morgan fingerprint density at radius 1 is 0.750 bits per heavy atom. The maximum Gasteiger partial charge on any atom is 0.327 e. The second-order valence-corrected chi connectivity index (χ2v) is 7.77. The molecule has 0 fully saturated rings. The van der Waals surface area contributed by atoms with Crippen molar-refractivity contribution >= 4 is 22.6 Å². The van der Waals surface area contributed by atoms with Crippen LogP contribution in [0, 0.1) is 45.4 Å². The van der Waals surface area contributed by atoms with Crippen molar-refractivity contribution in [2.45, 2.75) is 41.5 Å². The Kier molecular flexibility index (Phi) is 4.56. The zero-order chi connectivity index (χ0) is 17.6. The quantitative estimate of drug-likeness (QED) is 0.389. The van der Waals surface area contributed by atoms with Gasteiger partial charge in [-0.15, -0.1) is 0 Å². The molecule has 0 radical (unpaired) electrons. The number of aromatic nitrogens is 2. The molecule has 3 aromatic rings. The van der Waals surface area contributed by atoms with Crippen molar-refractivity contribution < 1.29 is 4.57 Å². The van der Waals surface area contributed by atoms with Gasteiger partial charge in [0.05, 0.1) is 22.6 Å². The number of benzene rings is 2. The Labute approximate surface area is 158 Å². The van der Waals surface area contributed by atoms with E-state index in [1.807, 2.05) is 0 Å². The lowest BCUT2D eigenvalue weighted by atomic mass is 10.0. The minimum absolute atomic E-state index is 1.19. The van der Waals surface area contributed by atoms with Gasteiger partial charge in [-0.25, -0.2) is 0 Å². The summed E-state index contributed by atoms with van der Waals surface area (Å²) in [6.07, 6.45) is 4.34. The first-order valence-electron chi connectivity index (χ1n) is 8.24. The number of nitrogens with zero attached hydrogens (tertiary/aromatic N) is 2. The predicted molar refractivity (Wildman–Crippen MR) is 108 cm³/mol. The molecule has 0 atom stereocenters. The van der Waals surface area contributed by atoms with Crippen molar-refractivity contribution in [2.24, 2.45) is 0 Å². The average Bonchev–Trinajstić information content (AvgIpc) is 2.79. The average molecular weight is 431 g/mol. The molecule has 1 heterocycles. The van der Waals surface area contributed by atoms with E-state index in [1.165, 1.54) is 48.6 Å². The van der Waals surface area contributed by atoms with Crippen LogP contribution in [0.4, 0.5) is 0 Å². The van der Waals surface area contributed by atoms with E-state index in [2.05, 4.69) is 110 Å². The second kappa shape index (κ2) is 6.36. The predicted octanol–water partition coefficient (Wildman–Crippen LogP) is 5.21. The van der Waals surface area contributed by atoms with Gasteiger partial charge in [0.1, 0.15) is 23.8 Å². The summed E-state index contributed by atoms with van der Waals surface area (Å²) in [5.74, 6) is 0. The zero-order valence-corrected chi connectivity index (χ0v) is 17.4. The lowest BCUT2D eigenvalue weighted by molar-refractivity contribution is -0.609. The number of halogens is 1. The third kappa shape index (κ3) is 2.90.